The Morgan fingerprint density at radius 3 is 3.44 bits per heavy atom. The minimum Gasteiger partial charge on any atom is -0.244 e. The van der Waals surface area contributed by atoms with E-state index < -0.39 is 0 Å². The van der Waals surface area contributed by atoms with Crippen LogP contribution in [0.5, 0.6) is 0 Å². The van der Waals surface area contributed by atoms with Crippen LogP contribution in [0.2, 0.25) is 0 Å². The summed E-state index contributed by atoms with van der Waals surface area (Å²) in [6.45, 7) is 0. The number of nitrogens with one attached hydrogen (secondary N) is 1. The first kappa shape index (κ1) is 4.88. The lowest BCUT2D eigenvalue weighted by molar-refractivity contribution is -0.375. The summed E-state index contributed by atoms with van der Waals surface area (Å²) in [6, 6.07) is 1.96. The SMILES string of the molecule is c1cc2ncsc2c[nH+]1. The van der Waals surface area contributed by atoms with Crippen molar-refractivity contribution in [2.24, 2.45) is 0 Å². The van der Waals surface area contributed by atoms with E-state index in [-0.39, 0.29) is 0 Å². The molecule has 0 aliphatic heterocycles. The molecule has 2 rings (SSSR count). The van der Waals surface area contributed by atoms with Crippen LogP contribution < -0.4 is 4.98 Å². The van der Waals surface area contributed by atoms with Gasteiger partial charge in [0.15, 0.2) is 12.4 Å². The first-order valence-corrected chi connectivity index (χ1v) is 3.54. The minimum absolute atomic E-state index is 1.07. The van der Waals surface area contributed by atoms with Crippen LogP contribution in [0.3, 0.4) is 0 Å². The molecule has 0 unspecified atom stereocenters. The number of fused-ring (bicyclic) bond motifs is 1. The zero-order chi connectivity index (χ0) is 6.10. The Hall–Kier alpha value is -0.960. The van der Waals surface area contributed by atoms with E-state index in [0.717, 1.165) is 5.52 Å². The summed E-state index contributed by atoms with van der Waals surface area (Å²) in [5.74, 6) is 0. The number of H-pyrrole nitrogens is 1. The van der Waals surface area contributed by atoms with Gasteiger partial charge in [0.05, 0.1) is 11.0 Å². The second-order valence-electron chi connectivity index (χ2n) is 1.75. The summed E-state index contributed by atoms with van der Waals surface area (Å²) in [5.41, 5.74) is 2.91. The molecule has 0 radical (unpaired) electrons. The molecule has 9 heavy (non-hydrogen) atoms. The Bertz CT molecular complexity index is 285. The number of pyridine rings is 1. The average molecular weight is 137 g/mol. The van der Waals surface area contributed by atoms with Gasteiger partial charge in [0.2, 0.25) is 0 Å². The second kappa shape index (κ2) is 1.77. The van der Waals surface area contributed by atoms with E-state index >= 15 is 0 Å². The summed E-state index contributed by atoms with van der Waals surface area (Å²) in [5, 5.41) is 0. The molecule has 0 amide bonds. The molecular weight excluding hydrogens is 132 g/mol. The van der Waals surface area contributed by atoms with Crippen LogP contribution in [0.15, 0.2) is 24.0 Å². The van der Waals surface area contributed by atoms with Crippen molar-refractivity contribution in [3.8, 4) is 0 Å². The summed E-state index contributed by atoms with van der Waals surface area (Å²) in [4.78, 5) is 7.11. The van der Waals surface area contributed by atoms with Gasteiger partial charge in [-0.3, -0.25) is 0 Å². The first-order valence-electron chi connectivity index (χ1n) is 2.66. The Balaban J connectivity index is 2.95. The maximum atomic E-state index is 4.12. The Kier molecular flexibility index (Phi) is 0.960. The predicted octanol–water partition coefficient (Wildman–Crippen LogP) is 1.11. The molecule has 0 bridgehead atoms. The van der Waals surface area contributed by atoms with Crippen LogP contribution in [0.25, 0.3) is 10.2 Å². The largest absolute Gasteiger partial charge is 0.244 e. The molecule has 0 spiro atoms. The minimum atomic E-state index is 1.07. The molecule has 3 heteroatoms. The van der Waals surface area contributed by atoms with E-state index in [9.17, 15) is 0 Å². The normalized spacial score (nSPS) is 10.2. The number of thiazole rings is 1. The highest BCUT2D eigenvalue weighted by Gasteiger charge is 1.94. The number of rotatable bonds is 0. The van der Waals surface area contributed by atoms with E-state index in [2.05, 4.69) is 9.97 Å². The smallest absolute Gasteiger partial charge is 0.186 e. The van der Waals surface area contributed by atoms with Gasteiger partial charge in [-0.15, -0.1) is 11.3 Å². The summed E-state index contributed by atoms with van der Waals surface area (Å²) in [6.07, 6.45) is 3.83. The fourth-order valence-electron chi connectivity index (χ4n) is 0.748. The zero-order valence-corrected chi connectivity index (χ0v) is 5.48. The standard InChI is InChI=1S/C6H4N2S/c1-2-7-3-6-5(1)8-4-9-6/h1-4H/p+1. The third-order valence-corrected chi connectivity index (χ3v) is 1.97. The lowest BCUT2D eigenvalue weighted by Crippen LogP contribution is -1.95. The fraction of sp³-hybridized carbons (Fsp3) is 0. The lowest BCUT2D eigenvalue weighted by Gasteiger charge is -1.74. The van der Waals surface area contributed by atoms with Gasteiger partial charge in [-0.25, -0.2) is 9.97 Å². The molecule has 44 valence electrons. The molecule has 0 aliphatic carbocycles. The van der Waals surface area contributed by atoms with Gasteiger partial charge in [0.25, 0.3) is 0 Å². The first-order chi connectivity index (χ1) is 4.47. The van der Waals surface area contributed by atoms with E-state index in [1.807, 2.05) is 24.0 Å². The molecule has 2 nitrogen and oxygen atoms in total. The monoisotopic (exact) mass is 137 g/mol. The third kappa shape index (κ3) is 0.695. The highest BCUT2D eigenvalue weighted by Crippen LogP contribution is 2.12. The average Bonchev–Trinajstić information content (AvgIpc) is 2.33. The molecule has 2 heterocycles. The van der Waals surface area contributed by atoms with Gasteiger partial charge in [-0.1, -0.05) is 0 Å². The molecule has 0 atom stereocenters. The number of nitrogens with zero attached hydrogens (tertiary/aromatic N) is 1. The zero-order valence-electron chi connectivity index (χ0n) is 4.66. The summed E-state index contributed by atoms with van der Waals surface area (Å²) >= 11 is 1.64. The molecule has 0 aliphatic rings. The van der Waals surface area contributed by atoms with Crippen LogP contribution in [0.1, 0.15) is 0 Å². The van der Waals surface area contributed by atoms with E-state index in [0.29, 0.717) is 0 Å². The Morgan fingerprint density at radius 2 is 2.56 bits per heavy atom. The van der Waals surface area contributed by atoms with E-state index in [4.69, 9.17) is 0 Å². The van der Waals surface area contributed by atoms with Gasteiger partial charge >= 0.3 is 0 Å². The second-order valence-corrected chi connectivity index (χ2v) is 2.63. The van der Waals surface area contributed by atoms with Gasteiger partial charge in [-0.2, -0.15) is 0 Å². The maximum Gasteiger partial charge on any atom is 0.186 e. The highest BCUT2D eigenvalue weighted by molar-refractivity contribution is 7.16. The van der Waals surface area contributed by atoms with Crippen molar-refractivity contribution in [2.45, 2.75) is 0 Å². The van der Waals surface area contributed by atoms with Gasteiger partial charge in [-0.05, 0) is 0 Å². The number of hydrogen-bond acceptors (Lipinski definition) is 2. The number of aromatic amines is 1. The van der Waals surface area contributed by atoms with Crippen molar-refractivity contribution in [2.75, 3.05) is 0 Å². The molecule has 2 aromatic rings. The molecular formula is C6H5N2S+. The van der Waals surface area contributed by atoms with Crippen LogP contribution in [0, 0.1) is 0 Å². The predicted molar refractivity (Wildman–Crippen MR) is 36.2 cm³/mol. The third-order valence-electron chi connectivity index (χ3n) is 1.18. The van der Waals surface area contributed by atoms with Crippen molar-refractivity contribution < 1.29 is 4.98 Å². The Morgan fingerprint density at radius 1 is 1.56 bits per heavy atom. The van der Waals surface area contributed by atoms with Crippen molar-refractivity contribution in [1.82, 2.24) is 4.98 Å². The van der Waals surface area contributed by atoms with E-state index in [1.54, 1.807) is 11.3 Å². The lowest BCUT2D eigenvalue weighted by atomic mass is 10.5. The summed E-state index contributed by atoms with van der Waals surface area (Å²) < 4.78 is 1.21. The quantitative estimate of drug-likeness (QED) is 0.534. The fourth-order valence-corrected chi connectivity index (χ4v) is 1.41. The van der Waals surface area contributed by atoms with Crippen molar-refractivity contribution in [3.63, 3.8) is 0 Å². The molecule has 0 fully saturated rings. The van der Waals surface area contributed by atoms with Crippen molar-refractivity contribution >= 4 is 21.6 Å². The van der Waals surface area contributed by atoms with Crippen LogP contribution in [0.4, 0.5) is 0 Å². The number of aromatic nitrogens is 2. The molecule has 0 saturated carbocycles. The summed E-state index contributed by atoms with van der Waals surface area (Å²) in [7, 11) is 0. The highest BCUT2D eigenvalue weighted by atomic mass is 32.1. The van der Waals surface area contributed by atoms with Crippen LogP contribution in [-0.2, 0) is 0 Å². The van der Waals surface area contributed by atoms with Gasteiger partial charge in [0.1, 0.15) is 4.70 Å². The molecule has 0 aromatic carbocycles. The van der Waals surface area contributed by atoms with Crippen LogP contribution >= 0.6 is 11.3 Å². The molecule has 0 saturated heterocycles. The van der Waals surface area contributed by atoms with Crippen molar-refractivity contribution in [3.05, 3.63) is 24.0 Å². The topological polar surface area (TPSA) is 27.0 Å². The maximum absolute atomic E-state index is 4.12. The number of hydrogen-bond donors (Lipinski definition) is 0. The molecule has 2 aromatic heterocycles. The Labute approximate surface area is 56.2 Å². The van der Waals surface area contributed by atoms with Crippen LogP contribution in [-0.4, -0.2) is 4.98 Å². The van der Waals surface area contributed by atoms with Gasteiger partial charge in [0, 0.05) is 6.07 Å². The van der Waals surface area contributed by atoms with Gasteiger partial charge < -0.3 is 0 Å². The van der Waals surface area contributed by atoms with Crippen molar-refractivity contribution in [1.29, 1.82) is 0 Å². The van der Waals surface area contributed by atoms with E-state index in [1.165, 1.54) is 4.70 Å². The molecule has 1 N–H and O–H groups in total.